The van der Waals surface area contributed by atoms with Crippen LogP contribution in [-0.4, -0.2) is 11.7 Å². The first-order valence-electron chi connectivity index (χ1n) is 6.33. The zero-order valence-corrected chi connectivity index (χ0v) is 12.2. The van der Waals surface area contributed by atoms with E-state index in [1.807, 2.05) is 6.92 Å². The fourth-order valence-corrected chi connectivity index (χ4v) is 2.13. The number of halogens is 2. The summed E-state index contributed by atoms with van der Waals surface area (Å²) in [5, 5.41) is 13.4. The summed E-state index contributed by atoms with van der Waals surface area (Å²) in [4.78, 5) is 0. The van der Waals surface area contributed by atoms with Crippen molar-refractivity contribution >= 4 is 11.6 Å². The Morgan fingerprint density at radius 2 is 2.10 bits per heavy atom. The number of benzene rings is 1. The van der Waals surface area contributed by atoms with Crippen LogP contribution in [0.2, 0.25) is 5.02 Å². The predicted molar refractivity (Wildman–Crippen MR) is 76.1 cm³/mol. The van der Waals surface area contributed by atoms with E-state index in [0.717, 1.165) is 5.76 Å². The van der Waals surface area contributed by atoms with E-state index in [9.17, 15) is 9.50 Å². The number of furan rings is 1. The third-order valence-corrected chi connectivity index (χ3v) is 3.38. The van der Waals surface area contributed by atoms with Crippen LogP contribution in [0, 0.1) is 12.7 Å². The van der Waals surface area contributed by atoms with Crippen molar-refractivity contribution in [1.82, 2.24) is 5.32 Å². The largest absolute Gasteiger partial charge is 0.463 e. The Balaban J connectivity index is 1.97. The summed E-state index contributed by atoms with van der Waals surface area (Å²) in [7, 11) is 0. The molecule has 2 rings (SSSR count). The summed E-state index contributed by atoms with van der Waals surface area (Å²) >= 11 is 5.71. The molecule has 5 heteroatoms. The van der Waals surface area contributed by atoms with Crippen LogP contribution in [0.15, 0.2) is 34.7 Å². The smallest absolute Gasteiger partial charge is 0.146 e. The monoisotopic (exact) mass is 297 g/mol. The molecule has 0 aliphatic carbocycles. The average Bonchev–Trinajstić information content (AvgIpc) is 2.82. The van der Waals surface area contributed by atoms with Gasteiger partial charge in [-0.2, -0.15) is 0 Å². The van der Waals surface area contributed by atoms with Gasteiger partial charge in [0, 0.05) is 18.7 Å². The van der Waals surface area contributed by atoms with E-state index >= 15 is 0 Å². The number of hydrogen-bond acceptors (Lipinski definition) is 3. The van der Waals surface area contributed by atoms with E-state index in [0.29, 0.717) is 11.3 Å². The fraction of sp³-hybridized carbons (Fsp3) is 0.333. The molecule has 0 aliphatic rings. The molecule has 1 aromatic heterocycles. The first kappa shape index (κ1) is 15.0. The van der Waals surface area contributed by atoms with Crippen LogP contribution in [0.5, 0.6) is 0 Å². The van der Waals surface area contributed by atoms with E-state index in [4.69, 9.17) is 16.0 Å². The predicted octanol–water partition coefficient (Wildman–Crippen LogP) is 3.38. The molecule has 1 atom stereocenters. The molecule has 3 nitrogen and oxygen atoms in total. The SMILES string of the molecule is Cc1ccc(C(C)(O)CNCc2cccc(Cl)c2F)o1. The first-order chi connectivity index (χ1) is 9.40. The summed E-state index contributed by atoms with van der Waals surface area (Å²) in [6.45, 7) is 3.98. The fourth-order valence-electron chi connectivity index (χ4n) is 1.94. The van der Waals surface area contributed by atoms with E-state index in [1.54, 1.807) is 31.2 Å². The van der Waals surface area contributed by atoms with Gasteiger partial charge in [-0.05, 0) is 32.0 Å². The van der Waals surface area contributed by atoms with Crippen LogP contribution in [-0.2, 0) is 12.1 Å². The molecule has 0 fully saturated rings. The summed E-state index contributed by atoms with van der Waals surface area (Å²) in [6, 6.07) is 8.37. The minimum absolute atomic E-state index is 0.0951. The average molecular weight is 298 g/mol. The third-order valence-electron chi connectivity index (χ3n) is 3.09. The third kappa shape index (κ3) is 3.39. The van der Waals surface area contributed by atoms with Crippen LogP contribution in [0.1, 0.15) is 24.0 Å². The number of nitrogens with one attached hydrogen (secondary N) is 1. The van der Waals surface area contributed by atoms with Crippen molar-refractivity contribution < 1.29 is 13.9 Å². The Morgan fingerprint density at radius 1 is 1.35 bits per heavy atom. The van der Waals surface area contributed by atoms with Crippen LogP contribution in [0.3, 0.4) is 0 Å². The van der Waals surface area contributed by atoms with Gasteiger partial charge in [0.25, 0.3) is 0 Å². The Bertz CT molecular complexity index is 595. The molecule has 0 saturated carbocycles. The van der Waals surface area contributed by atoms with Crippen molar-refractivity contribution in [3.63, 3.8) is 0 Å². The van der Waals surface area contributed by atoms with E-state index in [1.165, 1.54) is 6.07 Å². The first-order valence-corrected chi connectivity index (χ1v) is 6.71. The van der Waals surface area contributed by atoms with Crippen LogP contribution in [0.25, 0.3) is 0 Å². The number of rotatable bonds is 5. The molecule has 1 heterocycles. The molecular weight excluding hydrogens is 281 g/mol. The zero-order chi connectivity index (χ0) is 14.8. The molecule has 1 unspecified atom stereocenters. The van der Waals surface area contributed by atoms with Crippen molar-refractivity contribution in [1.29, 1.82) is 0 Å². The maximum Gasteiger partial charge on any atom is 0.146 e. The maximum atomic E-state index is 13.7. The van der Waals surface area contributed by atoms with Crippen molar-refractivity contribution in [2.75, 3.05) is 6.54 Å². The topological polar surface area (TPSA) is 45.4 Å². The maximum absolute atomic E-state index is 13.7. The molecule has 0 spiro atoms. The summed E-state index contributed by atoms with van der Waals surface area (Å²) in [5.41, 5.74) is -0.688. The van der Waals surface area contributed by atoms with E-state index in [2.05, 4.69) is 5.32 Å². The second-order valence-corrected chi connectivity index (χ2v) is 5.41. The zero-order valence-electron chi connectivity index (χ0n) is 11.4. The minimum atomic E-state index is -1.15. The van der Waals surface area contributed by atoms with Crippen molar-refractivity contribution in [3.05, 3.63) is 58.3 Å². The number of hydrogen-bond donors (Lipinski definition) is 2. The molecule has 0 saturated heterocycles. The Morgan fingerprint density at radius 3 is 2.75 bits per heavy atom. The van der Waals surface area contributed by atoms with Gasteiger partial charge in [0.15, 0.2) is 0 Å². The van der Waals surface area contributed by atoms with Crippen molar-refractivity contribution in [2.45, 2.75) is 26.0 Å². The Labute approximate surface area is 122 Å². The van der Waals surface area contributed by atoms with Crippen molar-refractivity contribution in [3.8, 4) is 0 Å². The van der Waals surface area contributed by atoms with Crippen molar-refractivity contribution in [2.24, 2.45) is 0 Å². The summed E-state index contributed by atoms with van der Waals surface area (Å²) < 4.78 is 19.1. The lowest BCUT2D eigenvalue weighted by atomic mass is 10.0. The number of aryl methyl sites for hydroxylation is 1. The normalized spacial score (nSPS) is 14.2. The lowest BCUT2D eigenvalue weighted by molar-refractivity contribution is 0.0332. The molecule has 0 radical (unpaired) electrons. The molecule has 1 aromatic carbocycles. The molecule has 2 N–H and O–H groups in total. The highest BCUT2D eigenvalue weighted by Crippen LogP contribution is 2.22. The van der Waals surface area contributed by atoms with Gasteiger partial charge < -0.3 is 14.8 Å². The molecule has 108 valence electrons. The van der Waals surface area contributed by atoms with Crippen LogP contribution in [0.4, 0.5) is 4.39 Å². The van der Waals surface area contributed by atoms with Gasteiger partial charge in [-0.25, -0.2) is 4.39 Å². The van der Waals surface area contributed by atoms with Gasteiger partial charge in [0.05, 0.1) is 5.02 Å². The van der Waals surface area contributed by atoms with E-state index in [-0.39, 0.29) is 18.1 Å². The molecule has 20 heavy (non-hydrogen) atoms. The van der Waals surface area contributed by atoms with Crippen LogP contribution < -0.4 is 5.32 Å². The van der Waals surface area contributed by atoms with Crippen LogP contribution >= 0.6 is 11.6 Å². The highest BCUT2D eigenvalue weighted by atomic mass is 35.5. The van der Waals surface area contributed by atoms with Gasteiger partial charge in [0.1, 0.15) is 22.9 Å². The highest BCUT2D eigenvalue weighted by molar-refractivity contribution is 6.30. The van der Waals surface area contributed by atoms with Gasteiger partial charge in [-0.1, -0.05) is 23.7 Å². The molecule has 0 bridgehead atoms. The second-order valence-electron chi connectivity index (χ2n) is 5.00. The highest BCUT2D eigenvalue weighted by Gasteiger charge is 2.26. The number of aliphatic hydroxyl groups is 1. The molecule has 2 aromatic rings. The quantitative estimate of drug-likeness (QED) is 0.889. The van der Waals surface area contributed by atoms with Gasteiger partial charge >= 0.3 is 0 Å². The minimum Gasteiger partial charge on any atom is -0.463 e. The van der Waals surface area contributed by atoms with Gasteiger partial charge in [-0.15, -0.1) is 0 Å². The Kier molecular flexibility index (Phi) is 4.48. The molecule has 0 aliphatic heterocycles. The van der Waals surface area contributed by atoms with E-state index < -0.39 is 11.4 Å². The van der Waals surface area contributed by atoms with Gasteiger partial charge in [-0.3, -0.25) is 0 Å². The molecular formula is C15H17ClFNO2. The molecule has 0 amide bonds. The standard InChI is InChI=1S/C15H17ClFNO2/c1-10-6-7-13(20-10)15(2,19)9-18-8-11-4-3-5-12(16)14(11)17/h3-7,18-19H,8-9H2,1-2H3. The lowest BCUT2D eigenvalue weighted by Crippen LogP contribution is -2.35. The lowest BCUT2D eigenvalue weighted by Gasteiger charge is -2.21. The summed E-state index contributed by atoms with van der Waals surface area (Å²) in [5.74, 6) is 0.783. The Hall–Kier alpha value is -1.36. The van der Waals surface area contributed by atoms with Gasteiger partial charge in [0.2, 0.25) is 0 Å². The summed E-state index contributed by atoms with van der Waals surface area (Å²) in [6.07, 6.45) is 0. The second kappa shape index (κ2) is 5.95.